The summed E-state index contributed by atoms with van der Waals surface area (Å²) in [6, 6.07) is 7.91. The Labute approximate surface area is 165 Å². The maximum atomic E-state index is 12.2. The van der Waals surface area contributed by atoms with E-state index < -0.39 is 11.9 Å². The first-order valence-electron chi connectivity index (χ1n) is 8.46. The van der Waals surface area contributed by atoms with Gasteiger partial charge in [0.25, 0.3) is 5.91 Å². The summed E-state index contributed by atoms with van der Waals surface area (Å²) >= 11 is 0. The minimum Gasteiger partial charge on any atom is -0.484 e. The number of primary amides is 1. The third-order valence-electron chi connectivity index (χ3n) is 4.07. The minimum atomic E-state index is -0.741. The minimum absolute atomic E-state index is 0.0114. The third kappa shape index (κ3) is 4.58. The Kier molecular flexibility index (Phi) is 5.58. The lowest BCUT2D eigenvalue weighted by Crippen LogP contribution is -2.20. The van der Waals surface area contributed by atoms with Crippen molar-refractivity contribution in [2.45, 2.75) is 6.92 Å². The fraction of sp³-hybridized carbons (Fsp3) is 0.167. The molecule has 0 aliphatic carbocycles. The molecular formula is C18H19N7O4. The molecule has 1 amide bonds. The number of rotatable bonds is 7. The van der Waals surface area contributed by atoms with Crippen LogP contribution in [-0.2, 0) is 16.7 Å². The Morgan fingerprint density at radius 1 is 1.24 bits per heavy atom. The first kappa shape index (κ1) is 19.6. The summed E-state index contributed by atoms with van der Waals surface area (Å²) in [5.41, 5.74) is 13.7. The molecule has 0 bridgehead atoms. The van der Waals surface area contributed by atoms with E-state index in [4.69, 9.17) is 21.0 Å². The average molecular weight is 397 g/mol. The van der Waals surface area contributed by atoms with Crippen LogP contribution in [0.1, 0.15) is 21.7 Å². The molecule has 2 heterocycles. The number of nitrogens with zero attached hydrogens (tertiary/aromatic N) is 4. The number of amides is 1. The van der Waals surface area contributed by atoms with Crippen molar-refractivity contribution in [3.8, 4) is 17.0 Å². The van der Waals surface area contributed by atoms with E-state index >= 15 is 0 Å². The largest absolute Gasteiger partial charge is 0.484 e. The first-order chi connectivity index (χ1) is 13.8. The topological polar surface area (TPSA) is 164 Å². The maximum absolute atomic E-state index is 12.2. The number of ether oxygens (including phenoxy) is 1. The summed E-state index contributed by atoms with van der Waals surface area (Å²) in [6.07, 6.45) is 1.66. The molecule has 2 aromatic heterocycles. The van der Waals surface area contributed by atoms with Gasteiger partial charge in [-0.05, 0) is 37.3 Å². The van der Waals surface area contributed by atoms with Crippen molar-refractivity contribution in [3.63, 3.8) is 0 Å². The van der Waals surface area contributed by atoms with Crippen molar-refractivity contribution < 1.29 is 19.2 Å². The normalized spacial score (nSPS) is 11.3. The second-order valence-corrected chi connectivity index (χ2v) is 6.07. The monoisotopic (exact) mass is 397 g/mol. The molecule has 3 aromatic rings. The smallest absolute Gasteiger partial charge is 0.383 e. The first-order valence-corrected chi connectivity index (χ1v) is 8.46. The third-order valence-corrected chi connectivity index (χ3v) is 4.07. The van der Waals surface area contributed by atoms with Crippen molar-refractivity contribution in [2.75, 3.05) is 6.61 Å². The second-order valence-electron chi connectivity index (χ2n) is 6.07. The molecular weight excluding hydrogens is 378 g/mol. The molecule has 0 aliphatic heterocycles. The van der Waals surface area contributed by atoms with E-state index in [1.165, 1.54) is 0 Å². The number of amidine groups is 1. The SMILES string of the molecule is Cc1c(-c2cc(C(=O)O/N=C(\N)c3ccc(OCC(N)=O)cc3)[nH]n2)cnn1C. The highest BCUT2D eigenvalue weighted by Crippen LogP contribution is 2.21. The van der Waals surface area contributed by atoms with Crippen molar-refractivity contribution in [1.29, 1.82) is 0 Å². The van der Waals surface area contributed by atoms with Gasteiger partial charge in [-0.15, -0.1) is 0 Å². The van der Waals surface area contributed by atoms with Gasteiger partial charge in [-0.3, -0.25) is 14.6 Å². The predicted molar refractivity (Wildman–Crippen MR) is 103 cm³/mol. The number of aryl methyl sites for hydroxylation is 1. The van der Waals surface area contributed by atoms with E-state index in [0.717, 1.165) is 11.3 Å². The number of nitrogens with one attached hydrogen (secondary N) is 1. The molecule has 11 nitrogen and oxygen atoms in total. The maximum Gasteiger partial charge on any atom is 0.383 e. The molecule has 0 saturated heterocycles. The van der Waals surface area contributed by atoms with E-state index in [1.807, 2.05) is 14.0 Å². The molecule has 29 heavy (non-hydrogen) atoms. The summed E-state index contributed by atoms with van der Waals surface area (Å²) in [7, 11) is 1.81. The van der Waals surface area contributed by atoms with Gasteiger partial charge >= 0.3 is 5.97 Å². The lowest BCUT2D eigenvalue weighted by molar-refractivity contribution is -0.119. The van der Waals surface area contributed by atoms with Crippen molar-refractivity contribution in [2.24, 2.45) is 23.7 Å². The Bertz CT molecular complexity index is 1070. The molecule has 0 atom stereocenters. The Balaban J connectivity index is 1.64. The highest BCUT2D eigenvalue weighted by Gasteiger charge is 2.16. The molecule has 11 heteroatoms. The van der Waals surface area contributed by atoms with Gasteiger partial charge < -0.3 is 21.0 Å². The molecule has 150 valence electrons. The quantitative estimate of drug-likeness (QED) is 0.225. The standard InChI is InChI=1S/C18H19N7O4/c1-10-13(8-21-25(10)2)14-7-15(23-22-14)18(27)29-24-17(20)11-3-5-12(6-4-11)28-9-16(19)26/h3-8H,9H2,1-2H3,(H2,19,26)(H2,20,24)(H,22,23). The predicted octanol–water partition coefficient (Wildman–Crippen LogP) is 0.460. The number of H-pyrrole nitrogens is 1. The van der Waals surface area contributed by atoms with Crippen molar-refractivity contribution >= 4 is 17.7 Å². The highest BCUT2D eigenvalue weighted by atomic mass is 16.7. The highest BCUT2D eigenvalue weighted by molar-refractivity contribution is 5.98. The van der Waals surface area contributed by atoms with Crippen LogP contribution < -0.4 is 16.2 Å². The summed E-state index contributed by atoms with van der Waals surface area (Å²) in [6.45, 7) is 1.66. The number of benzene rings is 1. The van der Waals surface area contributed by atoms with E-state index in [1.54, 1.807) is 41.2 Å². The van der Waals surface area contributed by atoms with Gasteiger partial charge in [0.05, 0.1) is 11.9 Å². The van der Waals surface area contributed by atoms with Gasteiger partial charge in [-0.2, -0.15) is 10.2 Å². The zero-order chi connectivity index (χ0) is 21.0. The van der Waals surface area contributed by atoms with Crippen LogP contribution in [0.2, 0.25) is 0 Å². The molecule has 0 radical (unpaired) electrons. The lowest BCUT2D eigenvalue weighted by Gasteiger charge is -2.05. The zero-order valence-electron chi connectivity index (χ0n) is 15.7. The fourth-order valence-corrected chi connectivity index (χ4v) is 2.38. The van der Waals surface area contributed by atoms with Crippen LogP contribution in [0.5, 0.6) is 5.75 Å². The summed E-state index contributed by atoms with van der Waals surface area (Å²) in [5, 5.41) is 14.5. The average Bonchev–Trinajstić information content (AvgIpc) is 3.32. The summed E-state index contributed by atoms with van der Waals surface area (Å²) in [4.78, 5) is 27.8. The Hall–Kier alpha value is -4.15. The fourth-order valence-electron chi connectivity index (χ4n) is 2.38. The molecule has 0 spiro atoms. The van der Waals surface area contributed by atoms with Gasteiger partial charge in [-0.25, -0.2) is 4.79 Å². The number of carbonyl (C=O) groups excluding carboxylic acids is 2. The molecule has 0 unspecified atom stereocenters. The van der Waals surface area contributed by atoms with E-state index in [2.05, 4.69) is 20.5 Å². The number of nitrogens with two attached hydrogens (primary N) is 2. The van der Waals surface area contributed by atoms with E-state index in [0.29, 0.717) is 17.0 Å². The van der Waals surface area contributed by atoms with Crippen molar-refractivity contribution in [1.82, 2.24) is 20.0 Å². The van der Waals surface area contributed by atoms with Gasteiger partial charge in [0.1, 0.15) is 11.4 Å². The number of carbonyl (C=O) groups is 2. The summed E-state index contributed by atoms with van der Waals surface area (Å²) < 4.78 is 6.85. The lowest BCUT2D eigenvalue weighted by atomic mass is 10.2. The number of oxime groups is 1. The van der Waals surface area contributed by atoms with Crippen LogP contribution in [0.4, 0.5) is 0 Å². The van der Waals surface area contributed by atoms with Crippen LogP contribution in [0.3, 0.4) is 0 Å². The van der Waals surface area contributed by atoms with E-state index in [9.17, 15) is 9.59 Å². The van der Waals surface area contributed by atoms with Crippen LogP contribution in [-0.4, -0.2) is 44.3 Å². The molecule has 5 N–H and O–H groups in total. The molecule has 0 fully saturated rings. The van der Waals surface area contributed by atoms with Crippen LogP contribution in [0.15, 0.2) is 41.7 Å². The van der Waals surface area contributed by atoms with Gasteiger partial charge in [-0.1, -0.05) is 5.16 Å². The van der Waals surface area contributed by atoms with Crippen LogP contribution >= 0.6 is 0 Å². The van der Waals surface area contributed by atoms with E-state index in [-0.39, 0.29) is 18.1 Å². The number of aromatic nitrogens is 4. The van der Waals surface area contributed by atoms with Crippen molar-refractivity contribution in [3.05, 3.63) is 53.5 Å². The molecule has 1 aromatic carbocycles. The van der Waals surface area contributed by atoms with Crippen LogP contribution in [0.25, 0.3) is 11.3 Å². The number of hydrogen-bond donors (Lipinski definition) is 3. The molecule has 0 saturated carbocycles. The Morgan fingerprint density at radius 3 is 2.59 bits per heavy atom. The van der Waals surface area contributed by atoms with Gasteiger partial charge in [0.2, 0.25) is 0 Å². The number of aromatic amines is 1. The summed E-state index contributed by atoms with van der Waals surface area (Å²) in [5.74, 6) is -0.895. The van der Waals surface area contributed by atoms with Gasteiger partial charge in [0.15, 0.2) is 12.4 Å². The van der Waals surface area contributed by atoms with Gasteiger partial charge in [0, 0.05) is 23.9 Å². The van der Waals surface area contributed by atoms with Crippen LogP contribution in [0, 0.1) is 6.92 Å². The second kappa shape index (κ2) is 8.25. The zero-order valence-corrected chi connectivity index (χ0v) is 15.7. The molecule has 0 aliphatic rings. The number of hydrogen-bond acceptors (Lipinski definition) is 7. The Morgan fingerprint density at radius 2 is 1.97 bits per heavy atom. The molecule has 3 rings (SSSR count).